The molecule has 2 aromatic carbocycles. The monoisotopic (exact) mass is 352 g/mol. The van der Waals surface area contributed by atoms with E-state index in [0.717, 1.165) is 15.2 Å². The summed E-state index contributed by atoms with van der Waals surface area (Å²) in [5, 5.41) is 12.4. The Kier molecular flexibility index (Phi) is 4.02. The Balaban J connectivity index is 1.47. The molecule has 5 nitrogen and oxygen atoms in total. The Hall–Kier alpha value is -2.64. The highest BCUT2D eigenvalue weighted by molar-refractivity contribution is 7.16. The molecule has 1 N–H and O–H groups in total. The summed E-state index contributed by atoms with van der Waals surface area (Å²) in [5.41, 5.74) is 4.43. The molecular formula is C17H12N4OS2. The van der Waals surface area contributed by atoms with Crippen molar-refractivity contribution in [2.75, 3.05) is 5.32 Å². The average molecular weight is 352 g/mol. The minimum atomic E-state index is -0.187. The van der Waals surface area contributed by atoms with E-state index in [2.05, 4.69) is 20.5 Å². The first-order valence-corrected chi connectivity index (χ1v) is 8.98. The largest absolute Gasteiger partial charge is 0.296 e. The molecule has 0 aliphatic heterocycles. The Labute approximate surface area is 146 Å². The summed E-state index contributed by atoms with van der Waals surface area (Å²) >= 11 is 2.91. The van der Waals surface area contributed by atoms with Crippen molar-refractivity contribution in [1.29, 1.82) is 0 Å². The van der Waals surface area contributed by atoms with Crippen LogP contribution in [0.3, 0.4) is 0 Å². The van der Waals surface area contributed by atoms with E-state index in [-0.39, 0.29) is 5.91 Å². The number of thiazole rings is 1. The zero-order valence-corrected chi connectivity index (χ0v) is 14.1. The van der Waals surface area contributed by atoms with Gasteiger partial charge in [0.2, 0.25) is 5.13 Å². The highest BCUT2D eigenvalue weighted by Crippen LogP contribution is 2.22. The Morgan fingerprint density at radius 1 is 1.08 bits per heavy atom. The third kappa shape index (κ3) is 3.17. The van der Waals surface area contributed by atoms with Crippen LogP contribution in [-0.2, 0) is 6.42 Å². The first kappa shape index (κ1) is 14.9. The lowest BCUT2D eigenvalue weighted by Gasteiger charge is -2.00. The zero-order valence-electron chi connectivity index (χ0n) is 12.5. The van der Waals surface area contributed by atoms with E-state index < -0.39 is 0 Å². The standard InChI is InChI=1S/C17H12N4OS2/c22-16(12-6-7-13-14(9-12)23-10-18-13)19-17-21-20-15(24-17)8-11-4-2-1-3-5-11/h1-7,9-10H,8H2,(H,19,21,22). The van der Waals surface area contributed by atoms with Gasteiger partial charge in [0.05, 0.1) is 15.7 Å². The highest BCUT2D eigenvalue weighted by atomic mass is 32.1. The number of aromatic nitrogens is 3. The van der Waals surface area contributed by atoms with Crippen molar-refractivity contribution in [2.45, 2.75) is 6.42 Å². The van der Waals surface area contributed by atoms with Crippen molar-refractivity contribution in [2.24, 2.45) is 0 Å². The van der Waals surface area contributed by atoms with Crippen LogP contribution in [-0.4, -0.2) is 21.1 Å². The molecule has 24 heavy (non-hydrogen) atoms. The Bertz CT molecular complexity index is 994. The molecule has 0 spiro atoms. The lowest BCUT2D eigenvalue weighted by Crippen LogP contribution is -2.11. The predicted octanol–water partition coefficient (Wildman–Crippen LogP) is 3.99. The molecular weight excluding hydrogens is 340 g/mol. The topological polar surface area (TPSA) is 67.8 Å². The van der Waals surface area contributed by atoms with Gasteiger partial charge in [-0.05, 0) is 23.8 Å². The lowest BCUT2D eigenvalue weighted by molar-refractivity contribution is 0.102. The number of carbonyl (C=O) groups excluding carboxylic acids is 1. The van der Waals surface area contributed by atoms with Gasteiger partial charge < -0.3 is 0 Å². The molecule has 1 amide bonds. The van der Waals surface area contributed by atoms with Crippen molar-refractivity contribution in [3.63, 3.8) is 0 Å². The van der Waals surface area contributed by atoms with Crippen LogP contribution in [0.2, 0.25) is 0 Å². The molecule has 0 aliphatic carbocycles. The molecule has 0 aliphatic rings. The van der Waals surface area contributed by atoms with Crippen molar-refractivity contribution in [3.05, 3.63) is 70.2 Å². The summed E-state index contributed by atoms with van der Waals surface area (Å²) in [7, 11) is 0. The molecule has 0 fully saturated rings. The van der Waals surface area contributed by atoms with Crippen molar-refractivity contribution < 1.29 is 4.79 Å². The maximum atomic E-state index is 12.4. The second-order valence-corrected chi connectivity index (χ2v) is 7.10. The summed E-state index contributed by atoms with van der Waals surface area (Å²) in [6.45, 7) is 0. The molecule has 2 heterocycles. The Morgan fingerprint density at radius 3 is 2.83 bits per heavy atom. The van der Waals surface area contributed by atoms with Crippen LogP contribution in [0.25, 0.3) is 10.2 Å². The summed E-state index contributed by atoms with van der Waals surface area (Å²) in [4.78, 5) is 16.6. The average Bonchev–Trinajstić information content (AvgIpc) is 3.24. The first-order valence-electron chi connectivity index (χ1n) is 7.29. The fourth-order valence-corrected chi connectivity index (χ4v) is 3.80. The lowest BCUT2D eigenvalue weighted by atomic mass is 10.2. The number of anilines is 1. The molecule has 0 radical (unpaired) electrons. The number of nitrogens with zero attached hydrogens (tertiary/aromatic N) is 3. The fraction of sp³-hybridized carbons (Fsp3) is 0.0588. The minimum Gasteiger partial charge on any atom is -0.296 e. The Morgan fingerprint density at radius 2 is 1.96 bits per heavy atom. The summed E-state index contributed by atoms with van der Waals surface area (Å²) in [5.74, 6) is -0.187. The summed E-state index contributed by atoms with van der Waals surface area (Å²) < 4.78 is 0.990. The van der Waals surface area contributed by atoms with Crippen LogP contribution in [0.15, 0.2) is 54.0 Å². The van der Waals surface area contributed by atoms with Crippen LogP contribution >= 0.6 is 22.7 Å². The van der Waals surface area contributed by atoms with E-state index >= 15 is 0 Å². The molecule has 4 aromatic rings. The predicted molar refractivity (Wildman–Crippen MR) is 96.7 cm³/mol. The van der Waals surface area contributed by atoms with Gasteiger partial charge >= 0.3 is 0 Å². The molecule has 0 saturated carbocycles. The summed E-state index contributed by atoms with van der Waals surface area (Å²) in [6, 6.07) is 15.5. The molecule has 0 bridgehead atoms. The van der Waals surface area contributed by atoms with E-state index in [4.69, 9.17) is 0 Å². The first-order chi connectivity index (χ1) is 11.8. The SMILES string of the molecule is O=C(Nc1nnc(Cc2ccccc2)s1)c1ccc2ncsc2c1. The third-order valence-corrected chi connectivity index (χ3v) is 5.11. The number of amides is 1. The number of fused-ring (bicyclic) bond motifs is 1. The molecule has 2 aromatic heterocycles. The van der Waals surface area contributed by atoms with Gasteiger partial charge in [0.15, 0.2) is 0 Å². The van der Waals surface area contributed by atoms with Crippen LogP contribution in [0.4, 0.5) is 5.13 Å². The van der Waals surface area contributed by atoms with E-state index in [1.165, 1.54) is 28.2 Å². The van der Waals surface area contributed by atoms with Gasteiger partial charge in [-0.25, -0.2) is 4.98 Å². The maximum absolute atomic E-state index is 12.4. The number of benzene rings is 2. The second-order valence-electron chi connectivity index (χ2n) is 5.15. The van der Waals surface area contributed by atoms with Gasteiger partial charge in [-0.1, -0.05) is 41.7 Å². The zero-order chi connectivity index (χ0) is 16.4. The van der Waals surface area contributed by atoms with Gasteiger partial charge in [0.1, 0.15) is 5.01 Å². The van der Waals surface area contributed by atoms with E-state index in [0.29, 0.717) is 17.1 Å². The molecule has 7 heteroatoms. The van der Waals surface area contributed by atoms with E-state index in [9.17, 15) is 4.79 Å². The second kappa shape index (κ2) is 6.46. The maximum Gasteiger partial charge on any atom is 0.257 e. The van der Waals surface area contributed by atoms with Crippen LogP contribution < -0.4 is 5.32 Å². The van der Waals surface area contributed by atoms with Crippen molar-refractivity contribution in [3.8, 4) is 0 Å². The van der Waals surface area contributed by atoms with Gasteiger partial charge in [-0.3, -0.25) is 10.1 Å². The number of carbonyl (C=O) groups is 1. The minimum absolute atomic E-state index is 0.187. The van der Waals surface area contributed by atoms with Crippen LogP contribution in [0, 0.1) is 0 Å². The highest BCUT2D eigenvalue weighted by Gasteiger charge is 2.11. The van der Waals surface area contributed by atoms with Gasteiger partial charge in [0, 0.05) is 12.0 Å². The third-order valence-electron chi connectivity index (χ3n) is 3.48. The van der Waals surface area contributed by atoms with Crippen LogP contribution in [0.5, 0.6) is 0 Å². The quantitative estimate of drug-likeness (QED) is 0.603. The van der Waals surface area contributed by atoms with E-state index in [1.54, 1.807) is 11.6 Å². The van der Waals surface area contributed by atoms with Crippen molar-refractivity contribution in [1.82, 2.24) is 15.2 Å². The van der Waals surface area contributed by atoms with Crippen LogP contribution in [0.1, 0.15) is 20.9 Å². The number of rotatable bonds is 4. The summed E-state index contributed by atoms with van der Waals surface area (Å²) in [6.07, 6.45) is 0.710. The van der Waals surface area contributed by atoms with Gasteiger partial charge in [0.25, 0.3) is 5.91 Å². The smallest absolute Gasteiger partial charge is 0.257 e. The van der Waals surface area contributed by atoms with Crippen molar-refractivity contribution >= 4 is 43.9 Å². The molecule has 0 atom stereocenters. The van der Waals surface area contributed by atoms with E-state index in [1.807, 2.05) is 42.5 Å². The molecule has 0 saturated heterocycles. The van der Waals surface area contributed by atoms with Gasteiger partial charge in [-0.2, -0.15) is 0 Å². The number of nitrogens with one attached hydrogen (secondary N) is 1. The molecule has 4 rings (SSSR count). The van der Waals surface area contributed by atoms with Gasteiger partial charge in [-0.15, -0.1) is 21.5 Å². The normalized spacial score (nSPS) is 10.8. The number of hydrogen-bond acceptors (Lipinski definition) is 6. The molecule has 118 valence electrons. The molecule has 0 unspecified atom stereocenters. The fourth-order valence-electron chi connectivity index (χ4n) is 2.31. The number of hydrogen-bond donors (Lipinski definition) is 1.